The highest BCUT2D eigenvalue weighted by Crippen LogP contribution is 2.30. The van der Waals surface area contributed by atoms with Crippen molar-refractivity contribution < 1.29 is 9.90 Å². The van der Waals surface area contributed by atoms with Crippen LogP contribution in [-0.2, 0) is 6.42 Å². The number of nitrogens with one attached hydrogen (secondary N) is 1. The molecular weight excluding hydrogens is 256 g/mol. The average molecular weight is 274 g/mol. The number of amides is 1. The third-order valence-corrected chi connectivity index (χ3v) is 3.81. The first-order valence-electron chi connectivity index (χ1n) is 6.76. The van der Waals surface area contributed by atoms with Gasteiger partial charge < -0.3 is 10.4 Å². The maximum atomic E-state index is 10.7. The van der Waals surface area contributed by atoms with Crippen LogP contribution in [0, 0.1) is 5.92 Å². The van der Waals surface area contributed by atoms with E-state index in [0.29, 0.717) is 6.42 Å². The maximum absolute atomic E-state index is 10.7. The van der Waals surface area contributed by atoms with Crippen molar-refractivity contribution in [3.63, 3.8) is 0 Å². The van der Waals surface area contributed by atoms with Crippen LogP contribution < -0.4 is 5.32 Å². The van der Waals surface area contributed by atoms with Crippen LogP contribution in [0.1, 0.15) is 24.8 Å². The summed E-state index contributed by atoms with van der Waals surface area (Å²) in [5.41, 5.74) is 9.85. The molecule has 1 fully saturated rings. The van der Waals surface area contributed by atoms with E-state index in [1.807, 2.05) is 30.3 Å². The Morgan fingerprint density at radius 1 is 1.40 bits per heavy atom. The number of rotatable bonds is 4. The molecule has 2 N–H and O–H groups in total. The van der Waals surface area contributed by atoms with Crippen molar-refractivity contribution in [3.05, 3.63) is 46.3 Å². The zero-order chi connectivity index (χ0) is 14.4. The summed E-state index contributed by atoms with van der Waals surface area (Å²) in [4.78, 5) is 13.7. The smallest absolute Gasteiger partial charge is 0.404 e. The zero-order valence-electron chi connectivity index (χ0n) is 11.1. The van der Waals surface area contributed by atoms with Gasteiger partial charge in [0.25, 0.3) is 0 Å². The standard InChI is InChI=1S/C14H18N4O2/c15-18-17-13-7-6-12(16-14(19)20)9-11(13)8-10-4-2-1-3-5-10/h1-5,11-13,16H,6-9H2,(H,19,20)/t11-,12+,13+/m0/s1. The van der Waals surface area contributed by atoms with E-state index in [4.69, 9.17) is 10.6 Å². The van der Waals surface area contributed by atoms with E-state index in [9.17, 15) is 4.79 Å². The van der Waals surface area contributed by atoms with E-state index in [0.717, 1.165) is 19.3 Å². The fraction of sp³-hybridized carbons (Fsp3) is 0.500. The van der Waals surface area contributed by atoms with Crippen molar-refractivity contribution >= 4 is 6.09 Å². The van der Waals surface area contributed by atoms with E-state index < -0.39 is 6.09 Å². The summed E-state index contributed by atoms with van der Waals surface area (Å²) in [7, 11) is 0. The normalized spacial score (nSPS) is 25.5. The molecule has 20 heavy (non-hydrogen) atoms. The predicted octanol–water partition coefficient (Wildman–Crippen LogP) is 3.34. The highest BCUT2D eigenvalue weighted by molar-refractivity contribution is 5.64. The van der Waals surface area contributed by atoms with Crippen LogP contribution in [0.2, 0.25) is 0 Å². The number of hydrogen-bond donors (Lipinski definition) is 2. The molecule has 1 saturated carbocycles. The Kier molecular flexibility index (Phi) is 4.85. The molecule has 6 heteroatoms. The van der Waals surface area contributed by atoms with E-state index in [1.165, 1.54) is 5.56 Å². The molecule has 6 nitrogen and oxygen atoms in total. The van der Waals surface area contributed by atoms with Crippen molar-refractivity contribution in [2.75, 3.05) is 0 Å². The number of carbonyl (C=O) groups is 1. The monoisotopic (exact) mass is 274 g/mol. The number of azide groups is 1. The van der Waals surface area contributed by atoms with Crippen molar-refractivity contribution in [2.24, 2.45) is 11.0 Å². The van der Waals surface area contributed by atoms with Gasteiger partial charge in [-0.15, -0.1) is 0 Å². The van der Waals surface area contributed by atoms with Crippen LogP contribution in [0.5, 0.6) is 0 Å². The van der Waals surface area contributed by atoms with Gasteiger partial charge in [-0.1, -0.05) is 35.4 Å². The van der Waals surface area contributed by atoms with Gasteiger partial charge in [0.15, 0.2) is 0 Å². The first kappa shape index (κ1) is 14.2. The maximum Gasteiger partial charge on any atom is 0.404 e. The summed E-state index contributed by atoms with van der Waals surface area (Å²) < 4.78 is 0. The van der Waals surface area contributed by atoms with Gasteiger partial charge in [0.2, 0.25) is 0 Å². The number of hydrogen-bond acceptors (Lipinski definition) is 2. The summed E-state index contributed by atoms with van der Waals surface area (Å²) >= 11 is 0. The van der Waals surface area contributed by atoms with Crippen LogP contribution in [0.15, 0.2) is 35.4 Å². The first-order chi connectivity index (χ1) is 9.69. The molecule has 1 aliphatic rings. The quantitative estimate of drug-likeness (QED) is 0.500. The van der Waals surface area contributed by atoms with Crippen LogP contribution in [-0.4, -0.2) is 23.3 Å². The Morgan fingerprint density at radius 3 is 2.80 bits per heavy atom. The Labute approximate surface area is 117 Å². The topological polar surface area (TPSA) is 98.1 Å². The Morgan fingerprint density at radius 2 is 2.15 bits per heavy atom. The molecule has 1 amide bonds. The Bertz CT molecular complexity index is 499. The summed E-state index contributed by atoms with van der Waals surface area (Å²) in [5, 5.41) is 15.2. The minimum absolute atomic E-state index is 0.0490. The zero-order valence-corrected chi connectivity index (χ0v) is 11.1. The lowest BCUT2D eigenvalue weighted by Crippen LogP contribution is -2.42. The highest BCUT2D eigenvalue weighted by atomic mass is 16.4. The molecule has 1 aromatic carbocycles. The van der Waals surface area contributed by atoms with Gasteiger partial charge in [0.05, 0.1) is 0 Å². The molecule has 0 radical (unpaired) electrons. The van der Waals surface area contributed by atoms with E-state index in [1.54, 1.807) is 0 Å². The predicted molar refractivity (Wildman–Crippen MR) is 75.4 cm³/mol. The lowest BCUT2D eigenvalue weighted by molar-refractivity contribution is 0.177. The Hall–Kier alpha value is -2.20. The molecule has 106 valence electrons. The minimum atomic E-state index is -0.990. The van der Waals surface area contributed by atoms with Gasteiger partial charge in [-0.25, -0.2) is 4.79 Å². The molecule has 1 aliphatic carbocycles. The van der Waals surface area contributed by atoms with Gasteiger partial charge >= 0.3 is 6.09 Å². The molecule has 0 heterocycles. The highest BCUT2D eigenvalue weighted by Gasteiger charge is 2.30. The van der Waals surface area contributed by atoms with E-state index in [-0.39, 0.29) is 18.0 Å². The lowest BCUT2D eigenvalue weighted by Gasteiger charge is -2.33. The molecule has 2 rings (SSSR count). The molecule has 0 spiro atoms. The largest absolute Gasteiger partial charge is 0.465 e. The minimum Gasteiger partial charge on any atom is -0.465 e. The second-order valence-corrected chi connectivity index (χ2v) is 5.18. The fourth-order valence-corrected chi connectivity index (χ4v) is 2.91. The number of nitrogens with zero attached hydrogens (tertiary/aromatic N) is 3. The van der Waals surface area contributed by atoms with Gasteiger partial charge in [-0.3, -0.25) is 0 Å². The summed E-state index contributed by atoms with van der Waals surface area (Å²) in [5.74, 6) is 0.180. The number of carboxylic acid groups (broad SMARTS) is 1. The van der Waals surface area contributed by atoms with Crippen LogP contribution in [0.4, 0.5) is 4.79 Å². The van der Waals surface area contributed by atoms with Crippen LogP contribution >= 0.6 is 0 Å². The fourth-order valence-electron chi connectivity index (χ4n) is 2.91. The van der Waals surface area contributed by atoms with Gasteiger partial charge in [-0.05, 0) is 42.7 Å². The van der Waals surface area contributed by atoms with Gasteiger partial charge in [0, 0.05) is 17.0 Å². The molecule has 0 aliphatic heterocycles. The molecule has 0 unspecified atom stereocenters. The van der Waals surface area contributed by atoms with E-state index in [2.05, 4.69) is 15.3 Å². The van der Waals surface area contributed by atoms with Crippen molar-refractivity contribution in [1.29, 1.82) is 0 Å². The summed E-state index contributed by atoms with van der Waals surface area (Å²) in [6, 6.07) is 9.91. The molecule has 3 atom stereocenters. The van der Waals surface area contributed by atoms with Crippen molar-refractivity contribution in [3.8, 4) is 0 Å². The molecule has 0 saturated heterocycles. The summed E-state index contributed by atoms with van der Waals surface area (Å²) in [6.07, 6.45) is 1.98. The molecule has 0 bridgehead atoms. The third kappa shape index (κ3) is 3.90. The van der Waals surface area contributed by atoms with Crippen LogP contribution in [0.3, 0.4) is 0 Å². The number of benzene rings is 1. The average Bonchev–Trinajstić information content (AvgIpc) is 2.42. The third-order valence-electron chi connectivity index (χ3n) is 3.81. The van der Waals surface area contributed by atoms with Gasteiger partial charge in [-0.2, -0.15) is 0 Å². The van der Waals surface area contributed by atoms with Gasteiger partial charge in [0.1, 0.15) is 0 Å². The molecule has 1 aromatic rings. The van der Waals surface area contributed by atoms with Crippen molar-refractivity contribution in [1.82, 2.24) is 5.32 Å². The Balaban J connectivity index is 2.06. The summed E-state index contributed by atoms with van der Waals surface area (Å²) in [6.45, 7) is 0. The molecular formula is C14H18N4O2. The second kappa shape index (κ2) is 6.82. The van der Waals surface area contributed by atoms with E-state index >= 15 is 0 Å². The van der Waals surface area contributed by atoms with Crippen LogP contribution in [0.25, 0.3) is 10.4 Å². The van der Waals surface area contributed by atoms with Crippen molar-refractivity contribution in [2.45, 2.75) is 37.8 Å². The lowest BCUT2D eigenvalue weighted by atomic mass is 9.78. The first-order valence-corrected chi connectivity index (χ1v) is 6.76. The second-order valence-electron chi connectivity index (χ2n) is 5.18. The molecule has 0 aromatic heterocycles. The SMILES string of the molecule is [N-]=[N+]=N[C@@H]1CC[C@@H](NC(=O)O)C[C@@H]1Cc1ccccc1.